The third kappa shape index (κ3) is 6.69. The summed E-state index contributed by atoms with van der Waals surface area (Å²) in [6.45, 7) is 4.29. The van der Waals surface area contributed by atoms with Crippen molar-refractivity contribution in [2.75, 3.05) is 37.6 Å². The van der Waals surface area contributed by atoms with Crippen molar-refractivity contribution in [1.29, 1.82) is 0 Å². The van der Waals surface area contributed by atoms with E-state index in [2.05, 4.69) is 25.1 Å². The van der Waals surface area contributed by atoms with Crippen LogP contribution in [0.15, 0.2) is 36.7 Å². The number of benzene rings is 1. The molecule has 6 nitrogen and oxygen atoms in total. The molecule has 0 bridgehead atoms. The van der Waals surface area contributed by atoms with Gasteiger partial charge in [0.1, 0.15) is 5.82 Å². The van der Waals surface area contributed by atoms with E-state index in [1.54, 1.807) is 12.1 Å². The van der Waals surface area contributed by atoms with Gasteiger partial charge in [0, 0.05) is 32.1 Å². The zero-order chi connectivity index (χ0) is 23.0. The van der Waals surface area contributed by atoms with Crippen LogP contribution in [0.1, 0.15) is 56.6 Å². The SMILES string of the molecule is O=C(NC(CCCN1CCN(c2ncc(F)cn2)CC1)c1ccc(F)cc1)C1CCCCC1. The van der Waals surface area contributed by atoms with Gasteiger partial charge in [-0.2, -0.15) is 0 Å². The van der Waals surface area contributed by atoms with Gasteiger partial charge >= 0.3 is 0 Å². The Morgan fingerprint density at radius 2 is 1.64 bits per heavy atom. The van der Waals surface area contributed by atoms with Crippen LogP contribution in [-0.2, 0) is 4.79 Å². The predicted octanol–water partition coefficient (Wildman–Crippen LogP) is 4.09. The Morgan fingerprint density at radius 3 is 2.30 bits per heavy atom. The maximum absolute atomic E-state index is 13.4. The molecule has 1 aromatic carbocycles. The molecule has 1 atom stereocenters. The van der Waals surface area contributed by atoms with Gasteiger partial charge in [0.2, 0.25) is 11.9 Å². The molecule has 1 aromatic heterocycles. The summed E-state index contributed by atoms with van der Waals surface area (Å²) >= 11 is 0. The van der Waals surface area contributed by atoms with E-state index in [-0.39, 0.29) is 23.7 Å². The van der Waals surface area contributed by atoms with Gasteiger partial charge in [-0.15, -0.1) is 0 Å². The number of carbonyl (C=O) groups is 1. The van der Waals surface area contributed by atoms with Gasteiger partial charge in [-0.25, -0.2) is 18.7 Å². The van der Waals surface area contributed by atoms with E-state index in [0.717, 1.165) is 76.8 Å². The van der Waals surface area contributed by atoms with E-state index in [9.17, 15) is 13.6 Å². The fourth-order valence-electron chi connectivity index (χ4n) is 4.83. The van der Waals surface area contributed by atoms with Gasteiger partial charge in [0.05, 0.1) is 18.4 Å². The highest BCUT2D eigenvalue weighted by Gasteiger charge is 2.25. The first-order valence-electron chi connectivity index (χ1n) is 12.1. The first kappa shape index (κ1) is 23.5. The maximum Gasteiger partial charge on any atom is 0.225 e. The summed E-state index contributed by atoms with van der Waals surface area (Å²) in [5, 5.41) is 3.26. The number of hydrogen-bond donors (Lipinski definition) is 1. The molecule has 1 aliphatic carbocycles. The lowest BCUT2D eigenvalue weighted by Crippen LogP contribution is -2.47. The van der Waals surface area contributed by atoms with Gasteiger partial charge in [-0.05, 0) is 49.9 Å². The summed E-state index contributed by atoms with van der Waals surface area (Å²) < 4.78 is 26.5. The van der Waals surface area contributed by atoms with Crippen LogP contribution in [0.4, 0.5) is 14.7 Å². The molecule has 33 heavy (non-hydrogen) atoms. The number of aromatic nitrogens is 2. The summed E-state index contributed by atoms with van der Waals surface area (Å²) in [6.07, 6.45) is 9.52. The van der Waals surface area contributed by atoms with Crippen LogP contribution in [-0.4, -0.2) is 53.5 Å². The Bertz CT molecular complexity index is 879. The molecule has 2 fully saturated rings. The first-order chi connectivity index (χ1) is 16.1. The smallest absolute Gasteiger partial charge is 0.225 e. The van der Waals surface area contributed by atoms with Crippen LogP contribution < -0.4 is 10.2 Å². The lowest BCUT2D eigenvalue weighted by Gasteiger charge is -2.35. The lowest BCUT2D eigenvalue weighted by atomic mass is 9.88. The predicted molar refractivity (Wildman–Crippen MR) is 124 cm³/mol. The summed E-state index contributed by atoms with van der Waals surface area (Å²) in [7, 11) is 0. The molecule has 1 N–H and O–H groups in total. The fraction of sp³-hybridized carbons (Fsp3) is 0.560. The average Bonchev–Trinajstić information content (AvgIpc) is 2.85. The number of piperazine rings is 1. The minimum atomic E-state index is -0.427. The Labute approximate surface area is 194 Å². The van der Waals surface area contributed by atoms with Gasteiger partial charge in [0.15, 0.2) is 5.82 Å². The van der Waals surface area contributed by atoms with E-state index in [1.807, 2.05) is 0 Å². The highest BCUT2D eigenvalue weighted by Crippen LogP contribution is 2.26. The summed E-state index contributed by atoms with van der Waals surface area (Å²) in [6, 6.07) is 6.39. The Hall–Kier alpha value is -2.61. The van der Waals surface area contributed by atoms with Gasteiger partial charge in [0.25, 0.3) is 0 Å². The molecule has 1 amide bonds. The van der Waals surface area contributed by atoms with Crippen LogP contribution in [0.5, 0.6) is 0 Å². The van der Waals surface area contributed by atoms with Gasteiger partial charge in [-0.3, -0.25) is 9.69 Å². The van der Waals surface area contributed by atoms with Gasteiger partial charge < -0.3 is 10.2 Å². The molecule has 4 rings (SSSR count). The van der Waals surface area contributed by atoms with Crippen molar-refractivity contribution in [3.63, 3.8) is 0 Å². The number of amides is 1. The molecule has 1 saturated carbocycles. The van der Waals surface area contributed by atoms with Crippen molar-refractivity contribution >= 4 is 11.9 Å². The molecule has 178 valence electrons. The fourth-order valence-corrected chi connectivity index (χ4v) is 4.83. The standard InChI is InChI=1S/C25H33F2N5O/c26-21-10-8-19(9-11-21)23(30-24(33)20-5-2-1-3-6-20)7-4-12-31-13-15-32(16-14-31)25-28-17-22(27)18-29-25/h8-11,17-18,20,23H,1-7,12-16H2,(H,30,33). The second kappa shape index (κ2) is 11.5. The van der Waals surface area contributed by atoms with Crippen molar-refractivity contribution in [2.24, 2.45) is 5.92 Å². The molecule has 0 spiro atoms. The largest absolute Gasteiger partial charge is 0.349 e. The van der Waals surface area contributed by atoms with E-state index in [4.69, 9.17) is 0 Å². The third-order valence-corrected chi connectivity index (χ3v) is 6.79. The number of halogens is 2. The lowest BCUT2D eigenvalue weighted by molar-refractivity contribution is -0.126. The molecule has 2 heterocycles. The van der Waals surface area contributed by atoms with Gasteiger partial charge in [-0.1, -0.05) is 31.4 Å². The molecule has 0 radical (unpaired) electrons. The summed E-state index contributed by atoms with van der Waals surface area (Å²) in [4.78, 5) is 25.5. The number of nitrogens with zero attached hydrogens (tertiary/aromatic N) is 4. The number of nitrogens with one attached hydrogen (secondary N) is 1. The van der Waals surface area contributed by atoms with Crippen LogP contribution in [0.25, 0.3) is 0 Å². The minimum Gasteiger partial charge on any atom is -0.349 e. The topological polar surface area (TPSA) is 61.4 Å². The maximum atomic E-state index is 13.4. The molecular formula is C25H33F2N5O. The van der Waals surface area contributed by atoms with Crippen molar-refractivity contribution in [2.45, 2.75) is 51.0 Å². The normalized spacial score (nSPS) is 18.8. The molecule has 8 heteroatoms. The van der Waals surface area contributed by atoms with Crippen LogP contribution in [0.3, 0.4) is 0 Å². The van der Waals surface area contributed by atoms with E-state index in [1.165, 1.54) is 30.9 Å². The minimum absolute atomic E-state index is 0.100. The van der Waals surface area contributed by atoms with Crippen LogP contribution in [0, 0.1) is 17.6 Å². The Balaban J connectivity index is 1.28. The van der Waals surface area contributed by atoms with E-state index < -0.39 is 5.82 Å². The Morgan fingerprint density at radius 1 is 0.970 bits per heavy atom. The Kier molecular flexibility index (Phi) is 8.20. The quantitative estimate of drug-likeness (QED) is 0.647. The van der Waals surface area contributed by atoms with Crippen LogP contribution >= 0.6 is 0 Å². The van der Waals surface area contributed by atoms with Crippen molar-refractivity contribution in [3.8, 4) is 0 Å². The second-order valence-corrected chi connectivity index (χ2v) is 9.12. The zero-order valence-corrected chi connectivity index (χ0v) is 19.1. The van der Waals surface area contributed by atoms with Crippen molar-refractivity contribution in [1.82, 2.24) is 20.2 Å². The zero-order valence-electron chi connectivity index (χ0n) is 19.1. The number of carbonyl (C=O) groups excluding carboxylic acids is 1. The molecule has 1 saturated heterocycles. The molecule has 2 aromatic rings. The molecule has 1 aliphatic heterocycles. The molecule has 1 unspecified atom stereocenters. The highest BCUT2D eigenvalue weighted by molar-refractivity contribution is 5.79. The monoisotopic (exact) mass is 457 g/mol. The number of rotatable bonds is 8. The first-order valence-corrected chi connectivity index (χ1v) is 12.1. The van der Waals surface area contributed by atoms with E-state index >= 15 is 0 Å². The van der Waals surface area contributed by atoms with Crippen molar-refractivity contribution in [3.05, 3.63) is 53.9 Å². The third-order valence-electron chi connectivity index (χ3n) is 6.79. The molecular weight excluding hydrogens is 424 g/mol. The number of anilines is 1. The van der Waals surface area contributed by atoms with E-state index in [0.29, 0.717) is 5.95 Å². The summed E-state index contributed by atoms with van der Waals surface area (Å²) in [5.41, 5.74) is 0.957. The van der Waals surface area contributed by atoms with Crippen LogP contribution in [0.2, 0.25) is 0 Å². The highest BCUT2D eigenvalue weighted by atomic mass is 19.1. The summed E-state index contributed by atoms with van der Waals surface area (Å²) in [5.74, 6) is 0.112. The average molecular weight is 458 g/mol. The molecule has 2 aliphatic rings. The second-order valence-electron chi connectivity index (χ2n) is 9.12. The van der Waals surface area contributed by atoms with Crippen molar-refractivity contribution < 1.29 is 13.6 Å². The number of hydrogen-bond acceptors (Lipinski definition) is 5.